The summed E-state index contributed by atoms with van der Waals surface area (Å²) in [7, 11) is -3.09. The number of carbonyl (C=O) groups excluding carboxylic acids is 2. The predicted octanol–water partition coefficient (Wildman–Crippen LogP) is 3.57. The van der Waals surface area contributed by atoms with Gasteiger partial charge in [0, 0.05) is 27.7 Å². The molecule has 0 atom stereocenters. The standard InChI is InChI=1S/C19H15Cl2F3N2O5S/c1-31-16-7-4-14(21)9-11(16)8-12(10-25-18(28)19(22,23)24)17(27)26-32(29,30)15-5-2-13(20)3-6-15/h2-9H,10H2,1H3,(H,25,28)(H,26,27). The lowest BCUT2D eigenvalue weighted by Gasteiger charge is -2.13. The lowest BCUT2D eigenvalue weighted by atomic mass is 10.1. The van der Waals surface area contributed by atoms with Crippen molar-refractivity contribution in [3.05, 3.63) is 63.6 Å². The fourth-order valence-corrected chi connectivity index (χ4v) is 3.63. The molecule has 0 unspecified atom stereocenters. The number of ether oxygens (including phenoxy) is 1. The molecule has 0 saturated heterocycles. The third kappa shape index (κ3) is 6.87. The highest BCUT2D eigenvalue weighted by atomic mass is 35.5. The quantitative estimate of drug-likeness (QED) is 0.554. The Bertz CT molecular complexity index is 1150. The van der Waals surface area contributed by atoms with Gasteiger partial charge >= 0.3 is 12.1 Å². The summed E-state index contributed by atoms with van der Waals surface area (Å²) >= 11 is 11.6. The van der Waals surface area contributed by atoms with Gasteiger partial charge in [-0.05, 0) is 48.5 Å². The molecule has 2 N–H and O–H groups in total. The van der Waals surface area contributed by atoms with E-state index >= 15 is 0 Å². The van der Waals surface area contributed by atoms with Gasteiger partial charge in [-0.25, -0.2) is 13.1 Å². The summed E-state index contributed by atoms with van der Waals surface area (Å²) in [5.41, 5.74) is -0.351. The first-order chi connectivity index (χ1) is 14.8. The third-order valence-corrected chi connectivity index (χ3v) is 5.69. The van der Waals surface area contributed by atoms with Crippen LogP contribution >= 0.6 is 23.2 Å². The second kappa shape index (κ2) is 10.2. The molecule has 13 heteroatoms. The Morgan fingerprint density at radius 3 is 2.22 bits per heavy atom. The van der Waals surface area contributed by atoms with Crippen LogP contribution in [0.1, 0.15) is 5.56 Å². The molecule has 0 aliphatic rings. The minimum atomic E-state index is -5.20. The van der Waals surface area contributed by atoms with Crippen LogP contribution in [0.5, 0.6) is 5.75 Å². The van der Waals surface area contributed by atoms with Crippen molar-refractivity contribution in [2.24, 2.45) is 0 Å². The van der Waals surface area contributed by atoms with Crippen molar-refractivity contribution in [2.45, 2.75) is 11.1 Å². The SMILES string of the molecule is COc1ccc(Cl)cc1C=C(CNC(=O)C(F)(F)F)C(=O)NS(=O)(=O)c1ccc(Cl)cc1. The van der Waals surface area contributed by atoms with Gasteiger partial charge in [-0.15, -0.1) is 0 Å². The zero-order valence-electron chi connectivity index (χ0n) is 16.2. The van der Waals surface area contributed by atoms with Crippen LogP contribution in [-0.2, 0) is 19.6 Å². The smallest absolute Gasteiger partial charge is 0.471 e. The molecule has 0 aliphatic heterocycles. The van der Waals surface area contributed by atoms with E-state index < -0.39 is 40.1 Å². The molecule has 0 radical (unpaired) electrons. The summed E-state index contributed by atoms with van der Waals surface area (Å²) in [5.74, 6) is -3.39. The first kappa shape index (κ1) is 25.5. The molecular formula is C19H15Cl2F3N2O5S. The van der Waals surface area contributed by atoms with Crippen molar-refractivity contribution >= 4 is 51.1 Å². The summed E-state index contributed by atoms with van der Waals surface area (Å²) in [5, 5.41) is 1.99. The van der Waals surface area contributed by atoms with E-state index in [4.69, 9.17) is 27.9 Å². The molecule has 2 aromatic carbocycles. The maximum atomic E-state index is 12.7. The maximum Gasteiger partial charge on any atom is 0.471 e. The van der Waals surface area contributed by atoms with Gasteiger partial charge in [0.25, 0.3) is 15.9 Å². The topological polar surface area (TPSA) is 102 Å². The number of hydrogen-bond donors (Lipinski definition) is 2. The van der Waals surface area contributed by atoms with E-state index in [0.717, 1.165) is 18.2 Å². The second-order valence-corrected chi connectivity index (χ2v) is 8.68. The van der Waals surface area contributed by atoms with Crippen molar-refractivity contribution in [3.8, 4) is 5.75 Å². The van der Waals surface area contributed by atoms with Crippen LogP contribution < -0.4 is 14.8 Å². The van der Waals surface area contributed by atoms with Crippen molar-refractivity contribution in [1.29, 1.82) is 0 Å². The molecular weight excluding hydrogens is 496 g/mol. The van der Waals surface area contributed by atoms with E-state index in [0.29, 0.717) is 0 Å². The Morgan fingerprint density at radius 2 is 1.66 bits per heavy atom. The highest BCUT2D eigenvalue weighted by Gasteiger charge is 2.38. The van der Waals surface area contributed by atoms with Crippen LogP contribution in [0, 0.1) is 0 Å². The van der Waals surface area contributed by atoms with Crippen LogP contribution in [0.25, 0.3) is 6.08 Å². The fourth-order valence-electron chi connectivity index (χ4n) is 2.34. The second-order valence-electron chi connectivity index (χ2n) is 6.12. The molecule has 0 fully saturated rings. The molecule has 0 aromatic heterocycles. The molecule has 0 heterocycles. The molecule has 32 heavy (non-hydrogen) atoms. The number of rotatable bonds is 7. The number of alkyl halides is 3. The Labute approximate surface area is 191 Å². The zero-order valence-corrected chi connectivity index (χ0v) is 18.5. The lowest BCUT2D eigenvalue weighted by Crippen LogP contribution is -2.41. The van der Waals surface area contributed by atoms with E-state index in [2.05, 4.69) is 0 Å². The van der Waals surface area contributed by atoms with Crippen molar-refractivity contribution in [3.63, 3.8) is 0 Å². The number of benzene rings is 2. The predicted molar refractivity (Wildman–Crippen MR) is 112 cm³/mol. The number of nitrogens with one attached hydrogen (secondary N) is 2. The van der Waals surface area contributed by atoms with Gasteiger partial charge in [-0.2, -0.15) is 13.2 Å². The largest absolute Gasteiger partial charge is 0.496 e. The molecule has 2 rings (SSSR count). The normalized spacial score (nSPS) is 12.2. The molecule has 172 valence electrons. The monoisotopic (exact) mass is 510 g/mol. The van der Waals surface area contributed by atoms with Gasteiger partial charge < -0.3 is 10.1 Å². The van der Waals surface area contributed by atoms with E-state index in [9.17, 15) is 31.2 Å². The lowest BCUT2D eigenvalue weighted by molar-refractivity contribution is -0.173. The minimum absolute atomic E-state index is 0.162. The Hall–Kier alpha value is -2.76. The minimum Gasteiger partial charge on any atom is -0.496 e. The van der Waals surface area contributed by atoms with Crippen molar-refractivity contribution in [1.82, 2.24) is 10.0 Å². The van der Waals surface area contributed by atoms with Crippen molar-refractivity contribution < 1.29 is 35.9 Å². The molecule has 0 bridgehead atoms. The molecule has 0 spiro atoms. The first-order valence-electron chi connectivity index (χ1n) is 8.55. The van der Waals surface area contributed by atoms with Gasteiger partial charge in [0.1, 0.15) is 5.75 Å². The molecule has 7 nitrogen and oxygen atoms in total. The summed E-state index contributed by atoms with van der Waals surface area (Å²) in [4.78, 5) is 23.5. The number of carbonyl (C=O) groups is 2. The molecule has 2 amide bonds. The van der Waals surface area contributed by atoms with E-state index in [1.54, 1.807) is 4.72 Å². The van der Waals surface area contributed by atoms with Crippen LogP contribution in [0.2, 0.25) is 10.0 Å². The number of sulfonamides is 1. The highest BCUT2D eigenvalue weighted by molar-refractivity contribution is 7.90. The van der Waals surface area contributed by atoms with Gasteiger partial charge in [-0.1, -0.05) is 23.2 Å². The van der Waals surface area contributed by atoms with Gasteiger partial charge in [-0.3, -0.25) is 9.59 Å². The van der Waals surface area contributed by atoms with Gasteiger partial charge in [0.15, 0.2) is 0 Å². The van der Waals surface area contributed by atoms with Crippen LogP contribution in [-0.4, -0.2) is 40.1 Å². The molecule has 2 aromatic rings. The zero-order chi connectivity index (χ0) is 24.1. The average molecular weight is 511 g/mol. The summed E-state index contributed by atoms with van der Waals surface area (Å²) in [6, 6.07) is 9.05. The molecule has 0 aliphatic carbocycles. The summed E-state index contributed by atoms with van der Waals surface area (Å²) in [6.45, 7) is -0.935. The van der Waals surface area contributed by atoms with E-state index in [1.807, 2.05) is 0 Å². The van der Waals surface area contributed by atoms with E-state index in [-0.39, 0.29) is 26.3 Å². The summed E-state index contributed by atoms with van der Waals surface area (Å²) in [6.07, 6.45) is -4.15. The fraction of sp³-hybridized carbons (Fsp3) is 0.158. The Balaban J connectivity index is 2.41. The van der Waals surface area contributed by atoms with E-state index in [1.165, 1.54) is 42.8 Å². The Morgan fingerprint density at radius 1 is 1.06 bits per heavy atom. The number of methoxy groups -OCH3 is 1. The van der Waals surface area contributed by atoms with Gasteiger partial charge in [0.05, 0.1) is 12.0 Å². The van der Waals surface area contributed by atoms with Crippen LogP contribution in [0.3, 0.4) is 0 Å². The van der Waals surface area contributed by atoms with Crippen LogP contribution in [0.15, 0.2) is 52.9 Å². The molecule has 0 saturated carbocycles. The highest BCUT2D eigenvalue weighted by Crippen LogP contribution is 2.25. The number of halogens is 5. The Kier molecular flexibility index (Phi) is 8.16. The van der Waals surface area contributed by atoms with Crippen LogP contribution in [0.4, 0.5) is 13.2 Å². The average Bonchev–Trinajstić information content (AvgIpc) is 2.70. The van der Waals surface area contributed by atoms with Gasteiger partial charge in [0.2, 0.25) is 0 Å². The summed E-state index contributed by atoms with van der Waals surface area (Å²) < 4.78 is 69.4. The first-order valence-corrected chi connectivity index (χ1v) is 10.8. The number of amides is 2. The van der Waals surface area contributed by atoms with Crippen molar-refractivity contribution in [2.75, 3.05) is 13.7 Å². The third-order valence-electron chi connectivity index (χ3n) is 3.86. The maximum absolute atomic E-state index is 12.7. The number of hydrogen-bond acceptors (Lipinski definition) is 5.